The van der Waals surface area contributed by atoms with Gasteiger partial charge in [-0.25, -0.2) is 4.68 Å². The number of likely N-dealkylation sites (N-methyl/N-ethyl adjacent to an activating group) is 1. The summed E-state index contributed by atoms with van der Waals surface area (Å²) >= 11 is 0. The summed E-state index contributed by atoms with van der Waals surface area (Å²) < 4.78 is 1.97. The van der Waals surface area contributed by atoms with Crippen molar-refractivity contribution in [2.75, 3.05) is 33.2 Å². The number of nitrogens with zero attached hydrogens (tertiary/aromatic N) is 4. The first-order chi connectivity index (χ1) is 11.7. The predicted molar refractivity (Wildman–Crippen MR) is 99.5 cm³/mol. The standard InChI is InChI=1S/C20H30N4/c1-18-8-9-20(24-13-7-10-21-24)19(16-18)17-22(2)14-15-23-11-5-3-4-6-12-23/h7-10,13,16H,3-6,11-12,14-15,17H2,1-2H3. The Bertz CT molecular complexity index is 613. The second kappa shape index (κ2) is 8.45. The Labute approximate surface area is 146 Å². The van der Waals surface area contributed by atoms with Gasteiger partial charge in [0, 0.05) is 32.0 Å². The van der Waals surface area contributed by atoms with Crippen LogP contribution in [0.15, 0.2) is 36.7 Å². The third-order valence-corrected chi connectivity index (χ3v) is 4.92. The maximum Gasteiger partial charge on any atom is 0.0690 e. The van der Waals surface area contributed by atoms with Gasteiger partial charge in [0.05, 0.1) is 5.69 Å². The fourth-order valence-corrected chi connectivity index (χ4v) is 3.52. The van der Waals surface area contributed by atoms with Gasteiger partial charge < -0.3 is 9.80 Å². The number of benzene rings is 1. The first-order valence-electron chi connectivity index (χ1n) is 9.23. The molecule has 2 aromatic rings. The lowest BCUT2D eigenvalue weighted by Crippen LogP contribution is -2.33. The van der Waals surface area contributed by atoms with Gasteiger partial charge >= 0.3 is 0 Å². The number of rotatable bonds is 6. The second-order valence-corrected chi connectivity index (χ2v) is 7.08. The van der Waals surface area contributed by atoms with Gasteiger partial charge in [-0.3, -0.25) is 0 Å². The van der Waals surface area contributed by atoms with Crippen LogP contribution in [-0.4, -0.2) is 52.8 Å². The van der Waals surface area contributed by atoms with Crippen LogP contribution >= 0.6 is 0 Å². The molecule has 0 saturated carbocycles. The molecule has 3 rings (SSSR count). The van der Waals surface area contributed by atoms with Gasteiger partial charge in [0.1, 0.15) is 0 Å². The summed E-state index contributed by atoms with van der Waals surface area (Å²) in [5.74, 6) is 0. The smallest absolute Gasteiger partial charge is 0.0690 e. The molecule has 0 aliphatic carbocycles. The van der Waals surface area contributed by atoms with E-state index in [-0.39, 0.29) is 0 Å². The number of aromatic nitrogens is 2. The van der Waals surface area contributed by atoms with Crippen LogP contribution in [0.4, 0.5) is 0 Å². The summed E-state index contributed by atoms with van der Waals surface area (Å²) in [5, 5.41) is 4.40. The van der Waals surface area contributed by atoms with Crippen molar-refractivity contribution in [1.29, 1.82) is 0 Å². The molecule has 1 aliphatic heterocycles. The van der Waals surface area contributed by atoms with Crippen molar-refractivity contribution in [2.45, 2.75) is 39.2 Å². The van der Waals surface area contributed by atoms with E-state index in [2.05, 4.69) is 47.1 Å². The maximum atomic E-state index is 4.40. The van der Waals surface area contributed by atoms with Gasteiger partial charge in [-0.1, -0.05) is 30.5 Å². The average molecular weight is 326 g/mol. The molecule has 2 heterocycles. The van der Waals surface area contributed by atoms with Crippen LogP contribution in [0, 0.1) is 6.92 Å². The molecule has 4 nitrogen and oxygen atoms in total. The summed E-state index contributed by atoms with van der Waals surface area (Å²) in [6.45, 7) is 7.97. The molecule has 0 unspecified atom stereocenters. The summed E-state index contributed by atoms with van der Waals surface area (Å²) in [4.78, 5) is 5.07. The van der Waals surface area contributed by atoms with E-state index in [9.17, 15) is 0 Å². The molecule has 0 radical (unpaired) electrons. The number of likely N-dealkylation sites (tertiary alicyclic amines) is 1. The van der Waals surface area contributed by atoms with E-state index in [1.54, 1.807) is 0 Å². The van der Waals surface area contributed by atoms with Crippen LogP contribution < -0.4 is 0 Å². The van der Waals surface area contributed by atoms with E-state index < -0.39 is 0 Å². The fourth-order valence-electron chi connectivity index (χ4n) is 3.52. The number of hydrogen-bond donors (Lipinski definition) is 0. The molecule has 1 aromatic heterocycles. The van der Waals surface area contributed by atoms with E-state index >= 15 is 0 Å². The van der Waals surface area contributed by atoms with Crippen molar-refractivity contribution in [2.24, 2.45) is 0 Å². The van der Waals surface area contributed by atoms with E-state index in [4.69, 9.17) is 0 Å². The molecule has 1 saturated heterocycles. The monoisotopic (exact) mass is 326 g/mol. The highest BCUT2D eigenvalue weighted by molar-refractivity contribution is 5.42. The van der Waals surface area contributed by atoms with Crippen molar-refractivity contribution in [3.63, 3.8) is 0 Å². The summed E-state index contributed by atoms with van der Waals surface area (Å²) in [7, 11) is 2.23. The second-order valence-electron chi connectivity index (χ2n) is 7.08. The van der Waals surface area contributed by atoms with Crippen LogP contribution in [-0.2, 0) is 6.54 Å². The van der Waals surface area contributed by atoms with E-state index in [1.165, 1.54) is 62.1 Å². The molecule has 1 fully saturated rings. The third-order valence-electron chi connectivity index (χ3n) is 4.92. The minimum atomic E-state index is 0.963. The minimum Gasteiger partial charge on any atom is -0.302 e. The van der Waals surface area contributed by atoms with Gasteiger partial charge in [0.2, 0.25) is 0 Å². The highest BCUT2D eigenvalue weighted by atomic mass is 15.3. The van der Waals surface area contributed by atoms with Crippen molar-refractivity contribution in [3.8, 4) is 5.69 Å². The Morgan fingerprint density at radius 2 is 1.92 bits per heavy atom. The average Bonchev–Trinajstić information content (AvgIpc) is 2.97. The molecule has 24 heavy (non-hydrogen) atoms. The van der Waals surface area contributed by atoms with Crippen LogP contribution in [0.5, 0.6) is 0 Å². The largest absolute Gasteiger partial charge is 0.302 e. The molecule has 0 atom stereocenters. The van der Waals surface area contributed by atoms with Gasteiger partial charge in [-0.05, 0) is 57.6 Å². The Morgan fingerprint density at radius 1 is 1.12 bits per heavy atom. The molecule has 130 valence electrons. The highest BCUT2D eigenvalue weighted by Crippen LogP contribution is 2.18. The molecular weight excluding hydrogens is 296 g/mol. The third kappa shape index (κ3) is 4.68. The van der Waals surface area contributed by atoms with Crippen LogP contribution in [0.2, 0.25) is 0 Å². The fraction of sp³-hybridized carbons (Fsp3) is 0.550. The highest BCUT2D eigenvalue weighted by Gasteiger charge is 2.12. The number of hydrogen-bond acceptors (Lipinski definition) is 3. The summed E-state index contributed by atoms with van der Waals surface area (Å²) in [6, 6.07) is 8.62. The zero-order valence-corrected chi connectivity index (χ0v) is 15.1. The van der Waals surface area contributed by atoms with Gasteiger partial charge in [0.25, 0.3) is 0 Å². The SMILES string of the molecule is Cc1ccc(-n2cccn2)c(CN(C)CCN2CCCCCC2)c1. The van der Waals surface area contributed by atoms with Crippen LogP contribution in [0.1, 0.15) is 36.8 Å². The van der Waals surface area contributed by atoms with Crippen molar-refractivity contribution >= 4 is 0 Å². The van der Waals surface area contributed by atoms with Gasteiger partial charge in [0.15, 0.2) is 0 Å². The zero-order chi connectivity index (χ0) is 16.8. The molecule has 0 bridgehead atoms. The summed E-state index contributed by atoms with van der Waals surface area (Å²) in [5.41, 5.74) is 3.84. The lowest BCUT2D eigenvalue weighted by atomic mass is 10.1. The Kier molecular flexibility index (Phi) is 6.05. The molecule has 1 aliphatic rings. The van der Waals surface area contributed by atoms with E-state index in [1.807, 2.05) is 23.1 Å². The van der Waals surface area contributed by atoms with E-state index in [0.717, 1.165) is 13.1 Å². The lowest BCUT2D eigenvalue weighted by molar-refractivity contribution is 0.227. The molecular formula is C20H30N4. The zero-order valence-electron chi connectivity index (χ0n) is 15.1. The van der Waals surface area contributed by atoms with Gasteiger partial charge in [-0.15, -0.1) is 0 Å². The Balaban J connectivity index is 1.61. The van der Waals surface area contributed by atoms with Crippen molar-refractivity contribution < 1.29 is 0 Å². The first-order valence-corrected chi connectivity index (χ1v) is 9.23. The minimum absolute atomic E-state index is 0.963. The topological polar surface area (TPSA) is 24.3 Å². The van der Waals surface area contributed by atoms with Crippen molar-refractivity contribution in [3.05, 3.63) is 47.8 Å². The summed E-state index contributed by atoms with van der Waals surface area (Å²) in [6.07, 6.45) is 9.40. The quantitative estimate of drug-likeness (QED) is 0.812. The maximum absolute atomic E-state index is 4.40. The molecule has 0 N–H and O–H groups in total. The van der Waals surface area contributed by atoms with Crippen molar-refractivity contribution in [1.82, 2.24) is 19.6 Å². The van der Waals surface area contributed by atoms with E-state index in [0.29, 0.717) is 0 Å². The lowest BCUT2D eigenvalue weighted by Gasteiger charge is -2.24. The number of aryl methyl sites for hydroxylation is 1. The molecule has 0 spiro atoms. The van der Waals surface area contributed by atoms with Crippen LogP contribution in [0.3, 0.4) is 0 Å². The predicted octanol–water partition coefficient (Wildman–Crippen LogP) is 3.49. The van der Waals surface area contributed by atoms with Crippen LogP contribution in [0.25, 0.3) is 5.69 Å². The molecule has 0 amide bonds. The Morgan fingerprint density at radius 3 is 2.62 bits per heavy atom. The molecule has 4 heteroatoms. The Hall–Kier alpha value is -1.65. The van der Waals surface area contributed by atoms with Gasteiger partial charge in [-0.2, -0.15) is 5.10 Å². The normalized spacial score (nSPS) is 16.5. The first kappa shape index (κ1) is 17.2. The molecule has 1 aromatic carbocycles.